The first-order valence-corrected chi connectivity index (χ1v) is 10.3. The molecule has 9 heteroatoms. The number of alkyl halides is 3. The summed E-state index contributed by atoms with van der Waals surface area (Å²) in [5, 5.41) is 20.6. The van der Waals surface area contributed by atoms with Gasteiger partial charge in [0.25, 0.3) is 0 Å². The molecule has 3 N–H and O–H groups in total. The Morgan fingerprint density at radius 3 is 2.38 bits per heavy atom. The van der Waals surface area contributed by atoms with Crippen molar-refractivity contribution in [3.05, 3.63) is 70.8 Å². The molecule has 1 amide bonds. The van der Waals surface area contributed by atoms with Gasteiger partial charge in [-0.2, -0.15) is 13.2 Å². The normalized spacial score (nSPS) is 12.4. The Balaban J connectivity index is 1.85. The minimum atomic E-state index is -4.43. The molecule has 0 aliphatic carbocycles. The van der Waals surface area contributed by atoms with Crippen LogP contribution in [0.1, 0.15) is 46.8 Å². The lowest BCUT2D eigenvalue weighted by Gasteiger charge is -2.24. The number of hydrazine groups is 1. The van der Waals surface area contributed by atoms with Crippen LogP contribution in [0.25, 0.3) is 0 Å². The van der Waals surface area contributed by atoms with Crippen LogP contribution in [0.4, 0.5) is 13.2 Å². The number of aliphatic hydroxyl groups is 1. The third-order valence-corrected chi connectivity index (χ3v) is 4.93. The van der Waals surface area contributed by atoms with Crippen LogP contribution in [0.3, 0.4) is 0 Å². The zero-order valence-corrected chi connectivity index (χ0v) is 17.7. The first-order valence-electron chi connectivity index (χ1n) is 10.3. The third kappa shape index (κ3) is 7.97. The van der Waals surface area contributed by atoms with E-state index in [0.717, 1.165) is 17.7 Å². The molecule has 2 aromatic rings. The molecule has 0 bridgehead atoms. The van der Waals surface area contributed by atoms with Crippen molar-refractivity contribution in [2.24, 2.45) is 0 Å². The van der Waals surface area contributed by atoms with Gasteiger partial charge in [0.15, 0.2) is 0 Å². The van der Waals surface area contributed by atoms with Crippen LogP contribution in [-0.4, -0.2) is 46.3 Å². The lowest BCUT2D eigenvalue weighted by atomic mass is 10.0. The molecule has 174 valence electrons. The average molecular weight is 452 g/mol. The molecule has 1 unspecified atom stereocenters. The summed E-state index contributed by atoms with van der Waals surface area (Å²) in [7, 11) is 0. The second kappa shape index (κ2) is 11.6. The van der Waals surface area contributed by atoms with E-state index in [1.54, 1.807) is 19.1 Å². The second-order valence-electron chi connectivity index (χ2n) is 7.40. The van der Waals surface area contributed by atoms with Gasteiger partial charge in [0.2, 0.25) is 5.91 Å². The molecule has 0 aliphatic rings. The lowest BCUT2D eigenvalue weighted by molar-refractivity contribution is -0.137. The van der Waals surface area contributed by atoms with Crippen molar-refractivity contribution in [1.82, 2.24) is 10.4 Å². The van der Waals surface area contributed by atoms with Crippen molar-refractivity contribution in [1.29, 1.82) is 0 Å². The highest BCUT2D eigenvalue weighted by Gasteiger charge is 2.30. The zero-order valence-electron chi connectivity index (χ0n) is 17.7. The molecule has 0 saturated heterocycles. The number of aromatic carboxylic acids is 1. The molecular formula is C23H27F3N2O4. The number of carboxylic acids is 1. The van der Waals surface area contributed by atoms with Crippen molar-refractivity contribution >= 4 is 11.9 Å². The van der Waals surface area contributed by atoms with E-state index < -0.39 is 23.8 Å². The van der Waals surface area contributed by atoms with Crippen LogP contribution in [0.15, 0.2) is 48.5 Å². The Morgan fingerprint density at radius 2 is 1.78 bits per heavy atom. The number of nitrogens with zero attached hydrogens (tertiary/aromatic N) is 1. The van der Waals surface area contributed by atoms with E-state index in [2.05, 4.69) is 5.43 Å². The van der Waals surface area contributed by atoms with Gasteiger partial charge in [-0.05, 0) is 48.6 Å². The number of carbonyl (C=O) groups is 2. The van der Waals surface area contributed by atoms with Gasteiger partial charge in [-0.3, -0.25) is 9.80 Å². The van der Waals surface area contributed by atoms with E-state index in [9.17, 15) is 27.9 Å². The van der Waals surface area contributed by atoms with E-state index in [4.69, 9.17) is 5.11 Å². The fourth-order valence-corrected chi connectivity index (χ4v) is 3.15. The monoisotopic (exact) mass is 452 g/mol. The van der Waals surface area contributed by atoms with E-state index in [1.807, 2.05) is 0 Å². The zero-order chi connectivity index (χ0) is 23.7. The summed E-state index contributed by atoms with van der Waals surface area (Å²) < 4.78 is 38.5. The Kier molecular flexibility index (Phi) is 9.22. The van der Waals surface area contributed by atoms with Crippen molar-refractivity contribution in [2.45, 2.75) is 44.9 Å². The predicted octanol–water partition coefficient (Wildman–Crippen LogP) is 3.68. The van der Waals surface area contributed by atoms with Gasteiger partial charge in [0.05, 0.1) is 17.2 Å². The van der Waals surface area contributed by atoms with Gasteiger partial charge in [0, 0.05) is 19.5 Å². The van der Waals surface area contributed by atoms with Gasteiger partial charge in [-0.1, -0.05) is 37.3 Å². The van der Waals surface area contributed by atoms with Crippen molar-refractivity contribution in [3.63, 3.8) is 0 Å². The van der Waals surface area contributed by atoms with Crippen molar-refractivity contribution in [2.75, 3.05) is 13.1 Å². The molecule has 0 fully saturated rings. The summed E-state index contributed by atoms with van der Waals surface area (Å²) >= 11 is 0. The van der Waals surface area contributed by atoms with E-state index in [1.165, 1.54) is 29.3 Å². The average Bonchev–Trinajstić information content (AvgIpc) is 2.75. The Bertz CT molecular complexity index is 901. The maximum absolute atomic E-state index is 12.8. The van der Waals surface area contributed by atoms with Crippen molar-refractivity contribution in [3.8, 4) is 0 Å². The maximum atomic E-state index is 12.8. The molecule has 0 aromatic heterocycles. The SMILES string of the molecule is CCC(=O)N(CCc1ccc(C(=O)O)cc1)NCCC(O)Cc1cccc(C(F)(F)F)c1. The van der Waals surface area contributed by atoms with Gasteiger partial charge in [-0.15, -0.1) is 0 Å². The molecule has 0 spiro atoms. The number of rotatable bonds is 11. The molecule has 2 aromatic carbocycles. The van der Waals surface area contributed by atoms with Gasteiger partial charge < -0.3 is 10.2 Å². The van der Waals surface area contributed by atoms with Gasteiger partial charge in [-0.25, -0.2) is 10.2 Å². The summed E-state index contributed by atoms with van der Waals surface area (Å²) in [5.74, 6) is -1.15. The molecule has 0 heterocycles. The summed E-state index contributed by atoms with van der Waals surface area (Å²) in [5.41, 5.74) is 3.66. The van der Waals surface area contributed by atoms with Crippen LogP contribution in [0, 0.1) is 0 Å². The number of halogens is 3. The molecule has 0 aliphatic heterocycles. The number of hydrogen-bond acceptors (Lipinski definition) is 4. The molecular weight excluding hydrogens is 425 g/mol. The van der Waals surface area contributed by atoms with Gasteiger partial charge in [0.1, 0.15) is 0 Å². The number of benzene rings is 2. The quantitative estimate of drug-likeness (QED) is 0.453. The smallest absolute Gasteiger partial charge is 0.416 e. The number of aliphatic hydroxyl groups excluding tert-OH is 1. The highest BCUT2D eigenvalue weighted by Crippen LogP contribution is 2.29. The number of amides is 1. The molecule has 2 rings (SSSR count). The Morgan fingerprint density at radius 1 is 1.09 bits per heavy atom. The summed E-state index contributed by atoms with van der Waals surface area (Å²) in [6.07, 6.45) is -4.20. The number of nitrogens with one attached hydrogen (secondary N) is 1. The van der Waals surface area contributed by atoms with Crippen LogP contribution >= 0.6 is 0 Å². The van der Waals surface area contributed by atoms with Crippen LogP contribution in [-0.2, 0) is 23.8 Å². The Labute approximate surface area is 184 Å². The number of carboxylic acid groups (broad SMARTS) is 1. The summed E-state index contributed by atoms with van der Waals surface area (Å²) in [6.45, 7) is 2.34. The van der Waals surface area contributed by atoms with E-state index in [-0.39, 0.29) is 37.3 Å². The van der Waals surface area contributed by atoms with Crippen LogP contribution in [0.5, 0.6) is 0 Å². The molecule has 6 nitrogen and oxygen atoms in total. The Hall–Kier alpha value is -2.91. The maximum Gasteiger partial charge on any atom is 0.416 e. The van der Waals surface area contributed by atoms with E-state index >= 15 is 0 Å². The standard InChI is InChI=1S/C23H27F3N2O4/c1-2-21(30)28(13-11-16-6-8-18(9-7-16)22(31)32)27-12-10-20(29)15-17-4-3-5-19(14-17)23(24,25)26/h3-9,14,20,27,29H,2,10-13,15H2,1H3,(H,31,32). The highest BCUT2D eigenvalue weighted by atomic mass is 19.4. The van der Waals surface area contributed by atoms with Gasteiger partial charge >= 0.3 is 12.1 Å². The topological polar surface area (TPSA) is 89.9 Å². The number of hydrogen-bond donors (Lipinski definition) is 3. The summed E-state index contributed by atoms with van der Waals surface area (Å²) in [4.78, 5) is 23.1. The lowest BCUT2D eigenvalue weighted by Crippen LogP contribution is -2.44. The molecule has 1 atom stereocenters. The molecule has 32 heavy (non-hydrogen) atoms. The van der Waals surface area contributed by atoms with Crippen LogP contribution in [0.2, 0.25) is 0 Å². The fourth-order valence-electron chi connectivity index (χ4n) is 3.15. The highest BCUT2D eigenvalue weighted by molar-refractivity contribution is 5.87. The molecule has 0 radical (unpaired) electrons. The largest absolute Gasteiger partial charge is 0.478 e. The minimum Gasteiger partial charge on any atom is -0.478 e. The molecule has 0 saturated carbocycles. The second-order valence-corrected chi connectivity index (χ2v) is 7.40. The number of carbonyl (C=O) groups excluding carboxylic acids is 1. The van der Waals surface area contributed by atoms with E-state index in [0.29, 0.717) is 18.5 Å². The first-order chi connectivity index (χ1) is 15.1. The fraction of sp³-hybridized carbons (Fsp3) is 0.391. The first kappa shape index (κ1) is 25.4. The summed E-state index contributed by atoms with van der Waals surface area (Å²) in [6, 6.07) is 11.2. The predicted molar refractivity (Wildman–Crippen MR) is 113 cm³/mol. The van der Waals surface area contributed by atoms with Crippen LogP contribution < -0.4 is 5.43 Å². The third-order valence-electron chi connectivity index (χ3n) is 4.93. The minimum absolute atomic E-state index is 0.0727. The van der Waals surface area contributed by atoms with Crippen molar-refractivity contribution < 1.29 is 33.0 Å².